The highest BCUT2D eigenvalue weighted by molar-refractivity contribution is 4.81. The van der Waals surface area contributed by atoms with Crippen LogP contribution in [0.5, 0.6) is 0 Å². The van der Waals surface area contributed by atoms with Crippen LogP contribution in [0.3, 0.4) is 0 Å². The van der Waals surface area contributed by atoms with Gasteiger partial charge in [0.25, 0.3) is 0 Å². The van der Waals surface area contributed by atoms with Gasteiger partial charge in [0.15, 0.2) is 0 Å². The second-order valence-electron chi connectivity index (χ2n) is 5.58. The van der Waals surface area contributed by atoms with Crippen LogP contribution in [0, 0.1) is 11.8 Å². The van der Waals surface area contributed by atoms with E-state index in [1.54, 1.807) is 0 Å². The molecule has 1 heterocycles. The number of ether oxygens (including phenoxy) is 1. The normalized spacial score (nSPS) is 24.4. The van der Waals surface area contributed by atoms with Gasteiger partial charge in [0.05, 0.1) is 12.2 Å². The number of morpholine rings is 1. The molecule has 0 aliphatic carbocycles. The first-order valence-corrected chi connectivity index (χ1v) is 6.01. The molecule has 90 valence electrons. The maximum absolute atomic E-state index is 5.80. The molecule has 1 unspecified atom stereocenters. The Hall–Kier alpha value is -0.120. The molecule has 0 radical (unpaired) electrons. The zero-order valence-electron chi connectivity index (χ0n) is 10.6. The summed E-state index contributed by atoms with van der Waals surface area (Å²) < 4.78 is 5.70. The summed E-state index contributed by atoms with van der Waals surface area (Å²) in [5.74, 6) is 1.28. The first kappa shape index (κ1) is 12.9. The maximum atomic E-state index is 5.80. The quantitative estimate of drug-likeness (QED) is 0.767. The summed E-state index contributed by atoms with van der Waals surface area (Å²) in [6.07, 6.45) is 0. The molecule has 1 aliphatic heterocycles. The Labute approximate surface area is 94.0 Å². The van der Waals surface area contributed by atoms with Gasteiger partial charge >= 0.3 is 0 Å². The number of rotatable bonds is 4. The van der Waals surface area contributed by atoms with Crippen molar-refractivity contribution in [3.8, 4) is 0 Å². The van der Waals surface area contributed by atoms with Crippen molar-refractivity contribution in [2.24, 2.45) is 17.6 Å². The lowest BCUT2D eigenvalue weighted by Gasteiger charge is -2.40. The highest BCUT2D eigenvalue weighted by atomic mass is 16.5. The van der Waals surface area contributed by atoms with Crippen molar-refractivity contribution in [2.45, 2.75) is 33.3 Å². The Morgan fingerprint density at radius 1 is 1.40 bits per heavy atom. The van der Waals surface area contributed by atoms with Crippen LogP contribution in [-0.4, -0.2) is 43.3 Å². The monoisotopic (exact) mass is 214 g/mol. The first-order valence-electron chi connectivity index (χ1n) is 6.01. The van der Waals surface area contributed by atoms with Crippen molar-refractivity contribution in [1.29, 1.82) is 0 Å². The molecule has 0 spiro atoms. The lowest BCUT2D eigenvalue weighted by molar-refractivity contribution is -0.0898. The van der Waals surface area contributed by atoms with E-state index in [0.717, 1.165) is 32.8 Å². The lowest BCUT2D eigenvalue weighted by atomic mass is 9.94. The van der Waals surface area contributed by atoms with Crippen molar-refractivity contribution < 1.29 is 4.74 Å². The molecule has 0 aromatic rings. The average Bonchev–Trinajstić information content (AvgIpc) is 2.12. The fraction of sp³-hybridized carbons (Fsp3) is 1.00. The Morgan fingerprint density at radius 2 is 2.07 bits per heavy atom. The fourth-order valence-corrected chi connectivity index (χ4v) is 2.16. The van der Waals surface area contributed by atoms with Crippen LogP contribution in [0.4, 0.5) is 0 Å². The molecule has 3 nitrogen and oxygen atoms in total. The van der Waals surface area contributed by atoms with E-state index >= 15 is 0 Å². The second-order valence-corrected chi connectivity index (χ2v) is 5.58. The molecule has 0 saturated carbocycles. The van der Waals surface area contributed by atoms with Crippen LogP contribution in [0.25, 0.3) is 0 Å². The van der Waals surface area contributed by atoms with Gasteiger partial charge in [-0.25, -0.2) is 0 Å². The molecule has 0 aromatic heterocycles. The standard InChI is InChI=1S/C12H26N2O/c1-10(2)11(7-13)8-14-5-6-15-12(3,4)9-14/h10-11H,5-9,13H2,1-4H3. The van der Waals surface area contributed by atoms with Gasteiger partial charge in [-0.15, -0.1) is 0 Å². The molecular formula is C12H26N2O. The molecule has 1 fully saturated rings. The Kier molecular flexibility index (Phi) is 4.56. The molecule has 1 aliphatic rings. The molecule has 2 N–H and O–H groups in total. The van der Waals surface area contributed by atoms with E-state index in [1.807, 2.05) is 0 Å². The fourth-order valence-electron chi connectivity index (χ4n) is 2.16. The lowest BCUT2D eigenvalue weighted by Crippen LogP contribution is -2.50. The van der Waals surface area contributed by atoms with Gasteiger partial charge < -0.3 is 10.5 Å². The van der Waals surface area contributed by atoms with Gasteiger partial charge in [0.1, 0.15) is 0 Å². The summed E-state index contributed by atoms with van der Waals surface area (Å²) in [5.41, 5.74) is 5.81. The van der Waals surface area contributed by atoms with Gasteiger partial charge in [0.2, 0.25) is 0 Å². The van der Waals surface area contributed by atoms with Crippen LogP contribution >= 0.6 is 0 Å². The maximum Gasteiger partial charge on any atom is 0.0753 e. The van der Waals surface area contributed by atoms with E-state index in [4.69, 9.17) is 10.5 Å². The molecule has 1 rings (SSSR count). The highest BCUT2D eigenvalue weighted by Gasteiger charge is 2.28. The first-order chi connectivity index (χ1) is 6.94. The number of nitrogens with zero attached hydrogens (tertiary/aromatic N) is 1. The minimum atomic E-state index is 0.00831. The molecule has 0 bridgehead atoms. The van der Waals surface area contributed by atoms with Gasteiger partial charge in [-0.1, -0.05) is 13.8 Å². The predicted molar refractivity (Wildman–Crippen MR) is 63.9 cm³/mol. The predicted octanol–water partition coefficient (Wildman–Crippen LogP) is 1.33. The molecule has 1 atom stereocenters. The van der Waals surface area contributed by atoms with Gasteiger partial charge in [-0.05, 0) is 32.2 Å². The molecule has 3 heteroatoms. The minimum absolute atomic E-state index is 0.00831. The number of hydrogen-bond donors (Lipinski definition) is 1. The van der Waals surface area contributed by atoms with Gasteiger partial charge in [-0.3, -0.25) is 4.90 Å². The topological polar surface area (TPSA) is 38.5 Å². The van der Waals surface area contributed by atoms with Crippen LogP contribution in [0.1, 0.15) is 27.7 Å². The van der Waals surface area contributed by atoms with Crippen molar-refractivity contribution >= 4 is 0 Å². The smallest absolute Gasteiger partial charge is 0.0753 e. The van der Waals surface area contributed by atoms with Crippen molar-refractivity contribution in [2.75, 3.05) is 32.8 Å². The van der Waals surface area contributed by atoms with E-state index in [0.29, 0.717) is 11.8 Å². The molecule has 0 amide bonds. The molecular weight excluding hydrogens is 188 g/mol. The number of nitrogens with two attached hydrogens (primary N) is 1. The van der Waals surface area contributed by atoms with Crippen LogP contribution in [0.2, 0.25) is 0 Å². The van der Waals surface area contributed by atoms with Gasteiger partial charge in [0, 0.05) is 19.6 Å². The van der Waals surface area contributed by atoms with Crippen molar-refractivity contribution in [3.63, 3.8) is 0 Å². The summed E-state index contributed by atoms with van der Waals surface area (Å²) in [6.45, 7) is 13.6. The third-order valence-corrected chi connectivity index (χ3v) is 3.24. The summed E-state index contributed by atoms with van der Waals surface area (Å²) >= 11 is 0. The van der Waals surface area contributed by atoms with E-state index in [-0.39, 0.29) is 5.60 Å². The van der Waals surface area contributed by atoms with E-state index in [9.17, 15) is 0 Å². The third-order valence-electron chi connectivity index (χ3n) is 3.24. The number of hydrogen-bond acceptors (Lipinski definition) is 3. The molecule has 0 aromatic carbocycles. The second kappa shape index (κ2) is 5.28. The van der Waals surface area contributed by atoms with Crippen molar-refractivity contribution in [1.82, 2.24) is 4.90 Å². The summed E-state index contributed by atoms with van der Waals surface area (Å²) in [5, 5.41) is 0. The molecule has 1 saturated heterocycles. The Balaban J connectivity index is 2.43. The summed E-state index contributed by atoms with van der Waals surface area (Å²) in [4.78, 5) is 2.49. The highest BCUT2D eigenvalue weighted by Crippen LogP contribution is 2.19. The van der Waals surface area contributed by atoms with Crippen LogP contribution < -0.4 is 5.73 Å². The minimum Gasteiger partial charge on any atom is -0.373 e. The van der Waals surface area contributed by atoms with E-state index in [2.05, 4.69) is 32.6 Å². The van der Waals surface area contributed by atoms with Crippen molar-refractivity contribution in [3.05, 3.63) is 0 Å². The van der Waals surface area contributed by atoms with E-state index in [1.165, 1.54) is 0 Å². The zero-order valence-corrected chi connectivity index (χ0v) is 10.6. The Morgan fingerprint density at radius 3 is 2.53 bits per heavy atom. The average molecular weight is 214 g/mol. The van der Waals surface area contributed by atoms with E-state index < -0.39 is 0 Å². The third kappa shape index (κ3) is 4.09. The largest absolute Gasteiger partial charge is 0.373 e. The van der Waals surface area contributed by atoms with Crippen LogP contribution in [0.15, 0.2) is 0 Å². The van der Waals surface area contributed by atoms with Crippen LogP contribution in [-0.2, 0) is 4.74 Å². The SMILES string of the molecule is CC(C)C(CN)CN1CCOC(C)(C)C1. The van der Waals surface area contributed by atoms with Gasteiger partial charge in [-0.2, -0.15) is 0 Å². The summed E-state index contributed by atoms with van der Waals surface area (Å²) in [7, 11) is 0. The zero-order chi connectivity index (χ0) is 11.5. The summed E-state index contributed by atoms with van der Waals surface area (Å²) in [6, 6.07) is 0. The molecule has 15 heavy (non-hydrogen) atoms. The Bertz CT molecular complexity index is 192.